The van der Waals surface area contributed by atoms with Gasteiger partial charge in [-0.15, -0.1) is 0 Å². The van der Waals surface area contributed by atoms with E-state index in [0.717, 1.165) is 37.0 Å². The molecule has 1 saturated heterocycles. The van der Waals surface area contributed by atoms with Gasteiger partial charge in [0.05, 0.1) is 12.5 Å². The van der Waals surface area contributed by atoms with Gasteiger partial charge in [-0.1, -0.05) is 31.4 Å². The van der Waals surface area contributed by atoms with E-state index in [1.54, 1.807) is 7.11 Å². The first-order valence-corrected chi connectivity index (χ1v) is 8.78. The predicted molar refractivity (Wildman–Crippen MR) is 89.7 cm³/mol. The van der Waals surface area contributed by atoms with Gasteiger partial charge >= 0.3 is 0 Å². The number of carbonyl (C=O) groups excluding carboxylic acids is 1. The van der Waals surface area contributed by atoms with Gasteiger partial charge in [0, 0.05) is 19.3 Å². The lowest BCUT2D eigenvalue weighted by Crippen LogP contribution is -2.51. The van der Waals surface area contributed by atoms with Gasteiger partial charge in [-0.3, -0.25) is 4.79 Å². The Hall–Kier alpha value is -1.55. The Kier molecular flexibility index (Phi) is 5.21. The van der Waals surface area contributed by atoms with Gasteiger partial charge in [0.1, 0.15) is 5.75 Å². The summed E-state index contributed by atoms with van der Waals surface area (Å²) in [6.07, 6.45) is 7.47. The van der Waals surface area contributed by atoms with Crippen LogP contribution in [0.5, 0.6) is 5.75 Å². The molecule has 1 heterocycles. The Morgan fingerprint density at radius 2 is 1.78 bits per heavy atom. The second-order valence-corrected chi connectivity index (χ2v) is 6.73. The first-order chi connectivity index (χ1) is 11.2. The highest BCUT2D eigenvalue weighted by Crippen LogP contribution is 2.36. The van der Waals surface area contributed by atoms with Crippen LogP contribution < -0.4 is 10.1 Å². The molecule has 126 valence electrons. The maximum atomic E-state index is 13.1. The van der Waals surface area contributed by atoms with E-state index in [2.05, 4.69) is 5.32 Å². The van der Waals surface area contributed by atoms with Crippen molar-refractivity contribution >= 4 is 5.91 Å². The minimum atomic E-state index is -0.456. The van der Waals surface area contributed by atoms with Gasteiger partial charge in [-0.2, -0.15) is 0 Å². The van der Waals surface area contributed by atoms with Gasteiger partial charge in [0.25, 0.3) is 0 Å². The van der Waals surface area contributed by atoms with Crippen molar-refractivity contribution in [2.75, 3.05) is 20.3 Å². The van der Waals surface area contributed by atoms with Crippen LogP contribution in [0.2, 0.25) is 0 Å². The zero-order valence-corrected chi connectivity index (χ0v) is 14.0. The van der Waals surface area contributed by atoms with Crippen LogP contribution in [0, 0.1) is 0 Å². The molecule has 0 unspecified atom stereocenters. The molecule has 0 radical (unpaired) electrons. The molecule has 3 rings (SSSR count). The van der Waals surface area contributed by atoms with Crippen LogP contribution in [0.25, 0.3) is 0 Å². The molecule has 1 saturated carbocycles. The summed E-state index contributed by atoms with van der Waals surface area (Å²) in [6.45, 7) is 1.29. The second-order valence-electron chi connectivity index (χ2n) is 6.73. The summed E-state index contributed by atoms with van der Waals surface area (Å²) < 4.78 is 10.8. The maximum absolute atomic E-state index is 13.1. The molecular weight excluding hydrogens is 290 g/mol. The molecule has 1 aliphatic carbocycles. The molecule has 4 heteroatoms. The number of hydrogen-bond acceptors (Lipinski definition) is 3. The van der Waals surface area contributed by atoms with Crippen molar-refractivity contribution in [3.8, 4) is 5.75 Å². The topological polar surface area (TPSA) is 47.6 Å². The van der Waals surface area contributed by atoms with Crippen molar-refractivity contribution in [1.29, 1.82) is 0 Å². The van der Waals surface area contributed by atoms with Crippen molar-refractivity contribution in [2.45, 2.75) is 56.4 Å². The molecule has 0 aromatic heterocycles. The van der Waals surface area contributed by atoms with E-state index in [0.29, 0.717) is 19.3 Å². The van der Waals surface area contributed by atoms with Crippen LogP contribution in [0.15, 0.2) is 24.3 Å². The van der Waals surface area contributed by atoms with Gasteiger partial charge in [-0.25, -0.2) is 0 Å². The second kappa shape index (κ2) is 7.35. The number of rotatable bonds is 4. The van der Waals surface area contributed by atoms with Crippen LogP contribution in [0.4, 0.5) is 0 Å². The molecule has 1 aromatic carbocycles. The van der Waals surface area contributed by atoms with E-state index in [-0.39, 0.29) is 5.91 Å². The van der Waals surface area contributed by atoms with E-state index < -0.39 is 5.41 Å². The molecule has 23 heavy (non-hydrogen) atoms. The third kappa shape index (κ3) is 3.52. The minimum absolute atomic E-state index is 0.179. The van der Waals surface area contributed by atoms with Crippen molar-refractivity contribution in [3.05, 3.63) is 29.8 Å². The molecule has 1 aromatic rings. The Labute approximate surface area is 138 Å². The zero-order chi connectivity index (χ0) is 16.1. The summed E-state index contributed by atoms with van der Waals surface area (Å²) in [5.41, 5.74) is 0.622. The fourth-order valence-electron chi connectivity index (χ4n) is 3.85. The Morgan fingerprint density at radius 1 is 1.13 bits per heavy atom. The standard InChI is InChI=1S/C19H27NO3/c1-22-17-9-7-15(8-10-17)19(11-13-23-14-12-19)18(21)20-16-5-3-2-4-6-16/h7-10,16H,2-6,11-14H2,1H3,(H,20,21). The van der Waals surface area contributed by atoms with Crippen molar-refractivity contribution in [1.82, 2.24) is 5.32 Å². The molecule has 1 N–H and O–H groups in total. The first-order valence-electron chi connectivity index (χ1n) is 8.78. The molecule has 0 bridgehead atoms. The molecule has 2 fully saturated rings. The summed E-state index contributed by atoms with van der Waals surface area (Å²) in [7, 11) is 1.66. The Morgan fingerprint density at radius 3 is 2.39 bits per heavy atom. The predicted octanol–water partition coefficient (Wildman–Crippen LogP) is 3.19. The van der Waals surface area contributed by atoms with Gasteiger partial charge < -0.3 is 14.8 Å². The quantitative estimate of drug-likeness (QED) is 0.928. The zero-order valence-electron chi connectivity index (χ0n) is 14.0. The van der Waals surface area contributed by atoms with Crippen molar-refractivity contribution < 1.29 is 14.3 Å². The lowest BCUT2D eigenvalue weighted by Gasteiger charge is -2.38. The van der Waals surface area contributed by atoms with Crippen LogP contribution in [-0.4, -0.2) is 32.3 Å². The van der Waals surface area contributed by atoms with E-state index >= 15 is 0 Å². The van der Waals surface area contributed by atoms with Gasteiger partial charge in [-0.05, 0) is 43.4 Å². The third-order valence-electron chi connectivity index (χ3n) is 5.36. The van der Waals surface area contributed by atoms with Gasteiger partial charge in [0.15, 0.2) is 0 Å². The number of benzene rings is 1. The van der Waals surface area contributed by atoms with E-state index in [1.165, 1.54) is 19.3 Å². The fraction of sp³-hybridized carbons (Fsp3) is 0.632. The summed E-state index contributed by atoms with van der Waals surface area (Å²) in [4.78, 5) is 13.1. The molecule has 0 atom stereocenters. The highest BCUT2D eigenvalue weighted by atomic mass is 16.5. The molecule has 4 nitrogen and oxygen atoms in total. The van der Waals surface area contributed by atoms with E-state index in [4.69, 9.17) is 9.47 Å². The highest BCUT2D eigenvalue weighted by molar-refractivity contribution is 5.88. The molecule has 1 amide bonds. The number of amides is 1. The summed E-state index contributed by atoms with van der Waals surface area (Å²) in [5.74, 6) is 1.00. The minimum Gasteiger partial charge on any atom is -0.497 e. The average molecular weight is 317 g/mol. The monoisotopic (exact) mass is 317 g/mol. The van der Waals surface area contributed by atoms with Gasteiger partial charge in [0.2, 0.25) is 5.91 Å². The SMILES string of the molecule is COc1ccc(C2(C(=O)NC3CCCCC3)CCOCC2)cc1. The normalized spacial score (nSPS) is 21.6. The van der Waals surface area contributed by atoms with Crippen LogP contribution in [0.3, 0.4) is 0 Å². The highest BCUT2D eigenvalue weighted by Gasteiger charge is 2.42. The fourth-order valence-corrected chi connectivity index (χ4v) is 3.85. The number of ether oxygens (including phenoxy) is 2. The number of methoxy groups -OCH3 is 1. The average Bonchev–Trinajstić information content (AvgIpc) is 2.63. The van der Waals surface area contributed by atoms with Crippen molar-refractivity contribution in [3.63, 3.8) is 0 Å². The molecule has 0 spiro atoms. The number of carbonyl (C=O) groups is 1. The number of hydrogen-bond donors (Lipinski definition) is 1. The summed E-state index contributed by atoms with van der Waals surface area (Å²) >= 11 is 0. The summed E-state index contributed by atoms with van der Waals surface area (Å²) in [5, 5.41) is 3.33. The molecule has 2 aliphatic rings. The van der Waals surface area contributed by atoms with Crippen LogP contribution >= 0.6 is 0 Å². The first kappa shape index (κ1) is 16.3. The van der Waals surface area contributed by atoms with E-state index in [1.807, 2.05) is 24.3 Å². The summed E-state index contributed by atoms with van der Waals surface area (Å²) in [6, 6.07) is 8.30. The van der Waals surface area contributed by atoms with E-state index in [9.17, 15) is 4.79 Å². The lowest BCUT2D eigenvalue weighted by atomic mass is 9.73. The third-order valence-corrected chi connectivity index (χ3v) is 5.36. The largest absolute Gasteiger partial charge is 0.497 e. The Bertz CT molecular complexity index is 514. The van der Waals surface area contributed by atoms with Crippen LogP contribution in [-0.2, 0) is 14.9 Å². The van der Waals surface area contributed by atoms with Crippen LogP contribution in [0.1, 0.15) is 50.5 Å². The smallest absolute Gasteiger partial charge is 0.231 e. The Balaban J connectivity index is 1.81. The maximum Gasteiger partial charge on any atom is 0.231 e. The lowest BCUT2D eigenvalue weighted by molar-refractivity contribution is -0.131. The molecule has 1 aliphatic heterocycles. The molecular formula is C19H27NO3. The van der Waals surface area contributed by atoms with Crippen molar-refractivity contribution in [2.24, 2.45) is 0 Å². The number of nitrogens with one attached hydrogen (secondary N) is 1.